The predicted molar refractivity (Wildman–Crippen MR) is 68.7 cm³/mol. The zero-order valence-corrected chi connectivity index (χ0v) is 10.8. The molecule has 0 radical (unpaired) electrons. The summed E-state index contributed by atoms with van der Waals surface area (Å²) in [5.74, 6) is 1.22. The third kappa shape index (κ3) is 2.65. The van der Waals surface area contributed by atoms with Crippen LogP contribution in [0, 0.1) is 20.8 Å². The molecule has 0 amide bonds. The second kappa shape index (κ2) is 5.14. The lowest BCUT2D eigenvalue weighted by atomic mass is 10.1. The highest BCUT2D eigenvalue weighted by molar-refractivity contribution is 5.43. The molecule has 4 heteroatoms. The van der Waals surface area contributed by atoms with Gasteiger partial charge in [0.05, 0.1) is 12.3 Å². The van der Waals surface area contributed by atoms with Crippen LogP contribution in [0.4, 0.5) is 0 Å². The summed E-state index contributed by atoms with van der Waals surface area (Å²) < 4.78 is 5.72. The molecule has 1 N–H and O–H groups in total. The van der Waals surface area contributed by atoms with Crippen LogP contribution in [-0.2, 0) is 6.61 Å². The largest absolute Gasteiger partial charge is 0.437 e. The van der Waals surface area contributed by atoms with Gasteiger partial charge in [-0.1, -0.05) is 6.07 Å². The van der Waals surface area contributed by atoms with Gasteiger partial charge in [-0.05, 0) is 49.6 Å². The second-order valence-electron chi connectivity index (χ2n) is 4.33. The predicted octanol–water partition coefficient (Wildman–Crippen LogP) is 2.69. The molecule has 0 saturated carbocycles. The third-order valence-corrected chi connectivity index (χ3v) is 2.84. The maximum absolute atomic E-state index is 8.89. The first kappa shape index (κ1) is 12.5. The van der Waals surface area contributed by atoms with Gasteiger partial charge in [-0.15, -0.1) is 10.2 Å². The van der Waals surface area contributed by atoms with Crippen LogP contribution in [0.25, 0.3) is 0 Å². The van der Waals surface area contributed by atoms with Gasteiger partial charge in [0.25, 0.3) is 0 Å². The van der Waals surface area contributed by atoms with Crippen molar-refractivity contribution < 1.29 is 9.84 Å². The zero-order chi connectivity index (χ0) is 13.1. The van der Waals surface area contributed by atoms with Crippen LogP contribution in [0.3, 0.4) is 0 Å². The molecule has 0 aliphatic rings. The van der Waals surface area contributed by atoms with E-state index in [-0.39, 0.29) is 6.61 Å². The SMILES string of the molecule is Cc1cc(C)c(C)c(Oc2ccc(CO)nn2)c1. The number of aliphatic hydroxyl groups is 1. The number of aromatic nitrogens is 2. The summed E-state index contributed by atoms with van der Waals surface area (Å²) in [4.78, 5) is 0. The highest BCUT2D eigenvalue weighted by Gasteiger charge is 2.06. The summed E-state index contributed by atoms with van der Waals surface area (Å²) in [6, 6.07) is 7.49. The van der Waals surface area contributed by atoms with Gasteiger partial charge in [-0.2, -0.15) is 0 Å². The van der Waals surface area contributed by atoms with Gasteiger partial charge in [0, 0.05) is 6.07 Å². The minimum Gasteiger partial charge on any atom is -0.437 e. The minimum atomic E-state index is -0.115. The summed E-state index contributed by atoms with van der Waals surface area (Å²) in [6.07, 6.45) is 0. The Bertz CT molecular complexity index is 550. The summed E-state index contributed by atoms with van der Waals surface area (Å²) in [7, 11) is 0. The lowest BCUT2D eigenvalue weighted by Crippen LogP contribution is -1.97. The van der Waals surface area contributed by atoms with Gasteiger partial charge in [0.15, 0.2) is 0 Å². The fraction of sp³-hybridized carbons (Fsp3) is 0.286. The molecule has 18 heavy (non-hydrogen) atoms. The average molecular weight is 244 g/mol. The smallest absolute Gasteiger partial charge is 0.238 e. The number of aliphatic hydroxyl groups excluding tert-OH is 1. The number of ether oxygens (including phenoxy) is 1. The molecule has 0 fully saturated rings. The van der Waals surface area contributed by atoms with Crippen molar-refractivity contribution >= 4 is 0 Å². The van der Waals surface area contributed by atoms with Gasteiger partial charge < -0.3 is 9.84 Å². The van der Waals surface area contributed by atoms with E-state index in [1.54, 1.807) is 12.1 Å². The topological polar surface area (TPSA) is 55.2 Å². The molecular weight excluding hydrogens is 228 g/mol. The van der Waals surface area contributed by atoms with E-state index in [9.17, 15) is 0 Å². The van der Waals surface area contributed by atoms with E-state index < -0.39 is 0 Å². The van der Waals surface area contributed by atoms with Crippen LogP contribution in [0.1, 0.15) is 22.4 Å². The maximum atomic E-state index is 8.89. The standard InChI is InChI=1S/C14H16N2O2/c1-9-6-10(2)11(3)13(7-9)18-14-5-4-12(8-17)15-16-14/h4-7,17H,8H2,1-3H3. The van der Waals surface area contributed by atoms with Crippen LogP contribution in [0.5, 0.6) is 11.6 Å². The van der Waals surface area contributed by atoms with Crippen molar-refractivity contribution in [2.75, 3.05) is 0 Å². The molecule has 0 spiro atoms. The maximum Gasteiger partial charge on any atom is 0.238 e. The Kier molecular flexibility index (Phi) is 3.58. The Balaban J connectivity index is 2.27. The zero-order valence-electron chi connectivity index (χ0n) is 10.8. The lowest BCUT2D eigenvalue weighted by Gasteiger charge is -2.11. The normalized spacial score (nSPS) is 10.4. The van der Waals surface area contributed by atoms with Crippen LogP contribution < -0.4 is 4.74 Å². The Morgan fingerprint density at radius 2 is 1.89 bits per heavy atom. The second-order valence-corrected chi connectivity index (χ2v) is 4.33. The molecule has 0 atom stereocenters. The van der Waals surface area contributed by atoms with Crippen molar-refractivity contribution in [2.45, 2.75) is 27.4 Å². The van der Waals surface area contributed by atoms with Crippen LogP contribution in [-0.4, -0.2) is 15.3 Å². The first-order valence-corrected chi connectivity index (χ1v) is 5.79. The molecule has 2 aromatic rings. The van der Waals surface area contributed by atoms with Crippen molar-refractivity contribution in [1.29, 1.82) is 0 Å². The lowest BCUT2D eigenvalue weighted by molar-refractivity contribution is 0.274. The molecule has 4 nitrogen and oxygen atoms in total. The van der Waals surface area contributed by atoms with E-state index in [0.717, 1.165) is 16.9 Å². The summed E-state index contributed by atoms with van der Waals surface area (Å²) in [5, 5.41) is 16.6. The fourth-order valence-corrected chi connectivity index (χ4v) is 1.71. The molecule has 0 bridgehead atoms. The van der Waals surface area contributed by atoms with E-state index in [0.29, 0.717) is 11.6 Å². The number of aryl methyl sites for hydroxylation is 2. The summed E-state index contributed by atoms with van der Waals surface area (Å²) in [5.41, 5.74) is 3.95. The first-order valence-electron chi connectivity index (χ1n) is 5.79. The molecule has 1 heterocycles. The average Bonchev–Trinajstić information content (AvgIpc) is 2.36. The molecule has 2 rings (SSSR count). The highest BCUT2D eigenvalue weighted by atomic mass is 16.5. The van der Waals surface area contributed by atoms with Gasteiger partial charge >= 0.3 is 0 Å². The van der Waals surface area contributed by atoms with Gasteiger partial charge in [0.1, 0.15) is 5.75 Å². The van der Waals surface area contributed by atoms with Crippen molar-refractivity contribution in [3.05, 3.63) is 46.6 Å². The number of hydrogen-bond acceptors (Lipinski definition) is 4. The van der Waals surface area contributed by atoms with Gasteiger partial charge in [-0.25, -0.2) is 0 Å². The van der Waals surface area contributed by atoms with Gasteiger partial charge in [0.2, 0.25) is 5.88 Å². The number of nitrogens with zero attached hydrogens (tertiary/aromatic N) is 2. The molecule has 0 unspecified atom stereocenters. The van der Waals surface area contributed by atoms with Crippen LogP contribution >= 0.6 is 0 Å². The van der Waals surface area contributed by atoms with Crippen LogP contribution in [0.15, 0.2) is 24.3 Å². The van der Waals surface area contributed by atoms with Crippen LogP contribution in [0.2, 0.25) is 0 Å². The number of benzene rings is 1. The van der Waals surface area contributed by atoms with E-state index in [1.165, 1.54) is 5.56 Å². The quantitative estimate of drug-likeness (QED) is 0.901. The Labute approximate surface area is 106 Å². The van der Waals surface area contributed by atoms with Crippen molar-refractivity contribution in [2.24, 2.45) is 0 Å². The van der Waals surface area contributed by atoms with Crippen molar-refractivity contribution in [1.82, 2.24) is 10.2 Å². The van der Waals surface area contributed by atoms with E-state index >= 15 is 0 Å². The Morgan fingerprint density at radius 1 is 1.11 bits per heavy atom. The summed E-state index contributed by atoms with van der Waals surface area (Å²) in [6.45, 7) is 5.98. The summed E-state index contributed by atoms with van der Waals surface area (Å²) >= 11 is 0. The number of rotatable bonds is 3. The molecule has 0 aliphatic heterocycles. The molecule has 1 aromatic carbocycles. The number of hydrogen-bond donors (Lipinski definition) is 1. The first-order chi connectivity index (χ1) is 8.60. The third-order valence-electron chi connectivity index (χ3n) is 2.84. The Hall–Kier alpha value is -1.94. The van der Waals surface area contributed by atoms with Gasteiger partial charge in [-0.3, -0.25) is 0 Å². The molecule has 1 aromatic heterocycles. The van der Waals surface area contributed by atoms with Crippen molar-refractivity contribution in [3.8, 4) is 11.6 Å². The minimum absolute atomic E-state index is 0.115. The van der Waals surface area contributed by atoms with E-state index in [1.807, 2.05) is 19.9 Å². The Morgan fingerprint density at radius 3 is 2.50 bits per heavy atom. The fourth-order valence-electron chi connectivity index (χ4n) is 1.71. The molecule has 94 valence electrons. The van der Waals surface area contributed by atoms with Crippen molar-refractivity contribution in [3.63, 3.8) is 0 Å². The molecule has 0 saturated heterocycles. The highest BCUT2D eigenvalue weighted by Crippen LogP contribution is 2.27. The molecular formula is C14H16N2O2. The molecule has 0 aliphatic carbocycles. The monoisotopic (exact) mass is 244 g/mol. The van der Waals surface area contributed by atoms with E-state index in [4.69, 9.17) is 9.84 Å². The van der Waals surface area contributed by atoms with E-state index in [2.05, 4.69) is 23.2 Å².